The van der Waals surface area contributed by atoms with Crippen LogP contribution >= 0.6 is 34.2 Å². The summed E-state index contributed by atoms with van der Waals surface area (Å²) >= 11 is 7.13. The van der Waals surface area contributed by atoms with Crippen LogP contribution in [0.15, 0.2) is 54.6 Å². The Kier molecular flexibility index (Phi) is 6.55. The van der Waals surface area contributed by atoms with E-state index in [0.29, 0.717) is 17.7 Å². The van der Waals surface area contributed by atoms with Crippen LogP contribution in [0.25, 0.3) is 11.1 Å². The first-order valence-electron chi connectivity index (χ1n) is 11.6. The Morgan fingerprint density at radius 3 is 2.57 bits per heavy atom. The number of aryl methyl sites for hydroxylation is 2. The molecule has 3 aromatic carbocycles. The minimum absolute atomic E-state index is 0.0527. The minimum Gasteiger partial charge on any atom is -0.454 e. The minimum atomic E-state index is -3.05. The van der Waals surface area contributed by atoms with Crippen molar-refractivity contribution >= 4 is 40.0 Å². The number of rotatable bonds is 8. The molecule has 1 aliphatic carbocycles. The van der Waals surface area contributed by atoms with Gasteiger partial charge in [0, 0.05) is 29.0 Å². The van der Waals surface area contributed by atoms with E-state index in [1.165, 1.54) is 12.1 Å². The van der Waals surface area contributed by atoms with Crippen molar-refractivity contribution in [1.29, 1.82) is 0 Å². The highest BCUT2D eigenvalue weighted by atomic mass is 127. The number of ketones is 1. The average Bonchev–Trinajstić information content (AvgIpc) is 3.50. The van der Waals surface area contributed by atoms with Crippen LogP contribution in [0.5, 0.6) is 11.5 Å². The summed E-state index contributed by atoms with van der Waals surface area (Å²) in [5, 5.41) is 0.0527. The van der Waals surface area contributed by atoms with Crippen LogP contribution in [0.1, 0.15) is 47.9 Å². The number of ether oxygens (including phenoxy) is 2. The molecule has 0 unspecified atom stereocenters. The smallest absolute Gasteiger partial charge is 0.323 e. The van der Waals surface area contributed by atoms with Gasteiger partial charge in [-0.25, -0.2) is 0 Å². The fourth-order valence-electron chi connectivity index (χ4n) is 4.79. The Labute approximate surface area is 221 Å². The van der Waals surface area contributed by atoms with Crippen molar-refractivity contribution in [2.24, 2.45) is 0 Å². The summed E-state index contributed by atoms with van der Waals surface area (Å²) in [6, 6.07) is 16.6. The molecule has 5 rings (SSSR count). The maximum Gasteiger partial charge on any atom is 0.323 e. The van der Waals surface area contributed by atoms with E-state index in [1.807, 2.05) is 43.3 Å². The Hall–Kier alpha value is -2.19. The van der Waals surface area contributed by atoms with Gasteiger partial charge in [0.15, 0.2) is 11.5 Å². The highest BCUT2D eigenvalue weighted by Gasteiger charge is 2.50. The molecule has 35 heavy (non-hydrogen) atoms. The molecule has 0 bridgehead atoms. The molecule has 0 N–H and O–H groups in total. The van der Waals surface area contributed by atoms with Crippen molar-refractivity contribution < 1.29 is 23.0 Å². The Morgan fingerprint density at radius 2 is 1.83 bits per heavy atom. The summed E-state index contributed by atoms with van der Waals surface area (Å²) in [4.78, 5) is 13.2. The summed E-state index contributed by atoms with van der Waals surface area (Å²) in [6.07, 6.45) is 3.68. The zero-order valence-electron chi connectivity index (χ0n) is 19.2. The molecule has 0 amide bonds. The highest BCUT2D eigenvalue weighted by Crippen LogP contribution is 2.52. The van der Waals surface area contributed by atoms with Crippen LogP contribution in [-0.2, 0) is 20.6 Å². The molecule has 1 heterocycles. The predicted octanol–water partition coefficient (Wildman–Crippen LogP) is 8.15. The summed E-state index contributed by atoms with van der Waals surface area (Å²) in [5.74, 6) is 1.69. The monoisotopic (exact) mass is 608 g/mol. The maximum atomic E-state index is 14.0. The van der Waals surface area contributed by atoms with Crippen molar-refractivity contribution in [3.05, 3.63) is 81.9 Å². The number of fused-ring (bicyclic) bond motifs is 1. The van der Waals surface area contributed by atoms with E-state index in [4.69, 9.17) is 21.1 Å². The van der Waals surface area contributed by atoms with E-state index >= 15 is 0 Å². The van der Waals surface area contributed by atoms with Crippen molar-refractivity contribution in [3.8, 4) is 22.6 Å². The first-order valence-corrected chi connectivity index (χ1v) is 13.0. The summed E-state index contributed by atoms with van der Waals surface area (Å²) in [5.41, 5.74) is 4.09. The molecule has 0 radical (unpaired) electrons. The Balaban J connectivity index is 1.28. The molecule has 182 valence electrons. The van der Waals surface area contributed by atoms with E-state index in [0.717, 1.165) is 76.3 Å². The van der Waals surface area contributed by atoms with Gasteiger partial charge >= 0.3 is 3.93 Å². The van der Waals surface area contributed by atoms with Gasteiger partial charge < -0.3 is 9.47 Å². The number of carbonyl (C=O) groups excluding carboxylic acids is 1. The second kappa shape index (κ2) is 9.36. The quantitative estimate of drug-likeness (QED) is 0.191. The Bertz CT molecular complexity index is 1300. The molecule has 0 saturated heterocycles. The van der Waals surface area contributed by atoms with Crippen molar-refractivity contribution in [1.82, 2.24) is 0 Å². The zero-order chi connectivity index (χ0) is 24.8. The van der Waals surface area contributed by atoms with E-state index in [1.54, 1.807) is 6.07 Å². The van der Waals surface area contributed by atoms with Crippen LogP contribution in [-0.4, -0.2) is 12.6 Å². The van der Waals surface area contributed by atoms with Crippen molar-refractivity contribution in [2.75, 3.05) is 6.79 Å². The van der Waals surface area contributed by atoms with E-state index in [-0.39, 0.29) is 23.2 Å². The fourth-order valence-corrected chi connectivity index (χ4v) is 5.63. The van der Waals surface area contributed by atoms with Crippen LogP contribution in [0.2, 0.25) is 5.02 Å². The molecule has 3 aromatic rings. The Morgan fingerprint density at radius 1 is 1.06 bits per heavy atom. The SMILES string of the molecule is Cc1ccc(CCCC(=O)C2(c3ccc4c(c3)OCO4)CC2)cc1-c1ccc(Cl)c(C(F)(F)I)c1. The third kappa shape index (κ3) is 4.92. The largest absolute Gasteiger partial charge is 0.454 e. The standard InChI is InChI=1S/C28H24ClF2IO3/c1-17-5-6-18(13-21(17)19-7-9-23(29)22(14-19)28(30,31)32)3-2-4-26(33)27(11-12-27)20-8-10-24-25(15-20)35-16-34-24/h5-10,13-15H,2-4,11-12,16H2,1H3. The maximum absolute atomic E-state index is 14.0. The summed E-state index contributed by atoms with van der Waals surface area (Å²) in [7, 11) is 0. The third-order valence-corrected chi connectivity index (χ3v) is 7.87. The van der Waals surface area contributed by atoms with Crippen molar-refractivity contribution in [3.63, 3.8) is 0 Å². The van der Waals surface area contributed by atoms with Crippen LogP contribution < -0.4 is 9.47 Å². The molecule has 1 saturated carbocycles. The van der Waals surface area contributed by atoms with Gasteiger partial charge in [0.05, 0.1) is 16.0 Å². The summed E-state index contributed by atoms with van der Waals surface area (Å²) < 4.78 is 35.8. The molecular weight excluding hydrogens is 585 g/mol. The topological polar surface area (TPSA) is 35.5 Å². The van der Waals surface area contributed by atoms with Crippen LogP contribution in [0.3, 0.4) is 0 Å². The lowest BCUT2D eigenvalue weighted by atomic mass is 9.88. The number of hydrogen-bond donors (Lipinski definition) is 0. The highest BCUT2D eigenvalue weighted by molar-refractivity contribution is 14.1. The first kappa shape index (κ1) is 24.5. The molecule has 0 spiro atoms. The van der Waals surface area contributed by atoms with Gasteiger partial charge in [-0.05, 0) is 84.7 Å². The number of alkyl halides is 3. The predicted molar refractivity (Wildman–Crippen MR) is 141 cm³/mol. The van der Waals surface area contributed by atoms with Gasteiger partial charge in [-0.15, -0.1) is 0 Å². The van der Waals surface area contributed by atoms with Gasteiger partial charge in [-0.3, -0.25) is 4.79 Å². The number of benzene rings is 3. The van der Waals surface area contributed by atoms with Crippen LogP contribution in [0.4, 0.5) is 8.78 Å². The normalized spacial score (nSPS) is 15.8. The van der Waals surface area contributed by atoms with Crippen molar-refractivity contribution in [2.45, 2.75) is 48.4 Å². The van der Waals surface area contributed by atoms with Gasteiger partial charge in [0.25, 0.3) is 0 Å². The lowest BCUT2D eigenvalue weighted by molar-refractivity contribution is -0.121. The average molecular weight is 609 g/mol. The van der Waals surface area contributed by atoms with Crippen LogP contribution in [0, 0.1) is 6.92 Å². The third-order valence-electron chi connectivity index (χ3n) is 6.96. The second-order valence-corrected chi connectivity index (χ2v) is 11.0. The molecule has 1 aliphatic heterocycles. The molecule has 0 atom stereocenters. The van der Waals surface area contributed by atoms with Gasteiger partial charge in [0.1, 0.15) is 5.78 Å². The lowest BCUT2D eigenvalue weighted by Crippen LogP contribution is -2.20. The van der Waals surface area contributed by atoms with Gasteiger partial charge in [-0.1, -0.05) is 41.9 Å². The lowest BCUT2D eigenvalue weighted by Gasteiger charge is -2.16. The number of Topliss-reactive ketones (excluding diaryl/α,β-unsaturated/α-hetero) is 1. The zero-order valence-corrected chi connectivity index (χ0v) is 22.1. The number of carbonyl (C=O) groups is 1. The molecule has 7 heteroatoms. The molecule has 3 nitrogen and oxygen atoms in total. The van der Waals surface area contributed by atoms with Gasteiger partial charge in [0.2, 0.25) is 6.79 Å². The number of halogens is 4. The second-order valence-electron chi connectivity index (χ2n) is 9.27. The van der Waals surface area contributed by atoms with Gasteiger partial charge in [-0.2, -0.15) is 8.78 Å². The number of hydrogen-bond acceptors (Lipinski definition) is 3. The molecule has 0 aromatic heterocycles. The van der Waals surface area contributed by atoms with E-state index < -0.39 is 9.34 Å². The molecule has 1 fully saturated rings. The fraction of sp³-hybridized carbons (Fsp3) is 0.321. The first-order chi connectivity index (χ1) is 16.7. The van der Waals surface area contributed by atoms with E-state index in [9.17, 15) is 13.6 Å². The molecule has 2 aliphatic rings. The van der Waals surface area contributed by atoms with E-state index in [2.05, 4.69) is 0 Å². The summed E-state index contributed by atoms with van der Waals surface area (Å²) in [6.45, 7) is 2.18. The molecular formula is C28H24ClF2IO3.